The fourth-order valence-electron chi connectivity index (χ4n) is 2.74. The third-order valence-corrected chi connectivity index (χ3v) is 5.99. The first-order chi connectivity index (χ1) is 11.6. The monoisotopic (exact) mass is 353 g/mol. The zero-order valence-electron chi connectivity index (χ0n) is 13.2. The third-order valence-electron chi connectivity index (χ3n) is 3.88. The summed E-state index contributed by atoms with van der Waals surface area (Å²) >= 11 is 3.13. The predicted molar refractivity (Wildman–Crippen MR) is 101 cm³/mol. The van der Waals surface area contributed by atoms with E-state index in [0.717, 1.165) is 32.0 Å². The number of nitrogens with one attached hydrogen (secondary N) is 1. The van der Waals surface area contributed by atoms with Gasteiger partial charge in [-0.05, 0) is 30.5 Å². The number of aryl methyl sites for hydroxylation is 2. The Kier molecular flexibility index (Phi) is 3.70. The van der Waals surface area contributed by atoms with Gasteiger partial charge in [0.25, 0.3) is 5.91 Å². The minimum atomic E-state index is -0.0837. The normalized spacial score (nSPS) is 11.1. The van der Waals surface area contributed by atoms with E-state index in [4.69, 9.17) is 0 Å². The number of rotatable bonds is 3. The largest absolute Gasteiger partial charge is 0.321 e. The number of carbonyl (C=O) groups is 1. The Hall–Kier alpha value is -2.44. The Balaban J connectivity index is 1.68. The molecule has 0 aliphatic heterocycles. The molecule has 1 amide bonds. The van der Waals surface area contributed by atoms with Gasteiger partial charge in [-0.3, -0.25) is 9.48 Å². The van der Waals surface area contributed by atoms with Gasteiger partial charge in [0.2, 0.25) is 0 Å². The molecule has 0 aliphatic rings. The van der Waals surface area contributed by atoms with E-state index >= 15 is 0 Å². The van der Waals surface area contributed by atoms with E-state index in [2.05, 4.69) is 16.5 Å². The molecule has 0 unspecified atom stereocenters. The second-order valence-corrected chi connectivity index (χ2v) is 7.49. The Bertz CT molecular complexity index is 994. The van der Waals surface area contributed by atoms with Crippen LogP contribution in [0.15, 0.2) is 47.8 Å². The summed E-state index contributed by atoms with van der Waals surface area (Å²) in [5.74, 6) is -0.0837. The van der Waals surface area contributed by atoms with E-state index in [1.54, 1.807) is 11.3 Å². The molecule has 0 spiro atoms. The van der Waals surface area contributed by atoms with Crippen LogP contribution < -0.4 is 5.32 Å². The van der Waals surface area contributed by atoms with Crippen LogP contribution in [0.3, 0.4) is 0 Å². The molecule has 0 atom stereocenters. The lowest BCUT2D eigenvalue weighted by atomic mass is 10.1. The number of aromatic nitrogens is 2. The summed E-state index contributed by atoms with van der Waals surface area (Å²) < 4.78 is 1.83. The molecule has 120 valence electrons. The first-order valence-corrected chi connectivity index (χ1v) is 9.20. The van der Waals surface area contributed by atoms with Crippen molar-refractivity contribution in [1.82, 2.24) is 9.78 Å². The Morgan fingerprint density at radius 2 is 2.04 bits per heavy atom. The van der Waals surface area contributed by atoms with Crippen molar-refractivity contribution >= 4 is 44.5 Å². The van der Waals surface area contributed by atoms with Gasteiger partial charge in [0.1, 0.15) is 4.83 Å². The number of anilines is 1. The summed E-state index contributed by atoms with van der Waals surface area (Å²) in [5.41, 5.74) is 2.82. The maximum atomic E-state index is 12.7. The van der Waals surface area contributed by atoms with Crippen molar-refractivity contribution in [2.75, 3.05) is 5.32 Å². The minimum absolute atomic E-state index is 0.0837. The van der Waals surface area contributed by atoms with E-state index < -0.39 is 0 Å². The first-order valence-electron chi connectivity index (χ1n) is 7.51. The fraction of sp³-hybridized carbons (Fsp3) is 0.111. The number of thiophene rings is 2. The van der Waals surface area contributed by atoms with Gasteiger partial charge in [-0.1, -0.05) is 24.3 Å². The van der Waals surface area contributed by atoms with E-state index in [1.165, 1.54) is 11.3 Å². The van der Waals surface area contributed by atoms with Crippen LogP contribution in [-0.4, -0.2) is 15.7 Å². The van der Waals surface area contributed by atoms with Crippen LogP contribution in [0.2, 0.25) is 0 Å². The second-order valence-electron chi connectivity index (χ2n) is 5.52. The number of para-hydroxylation sites is 1. The highest BCUT2D eigenvalue weighted by Gasteiger charge is 2.16. The summed E-state index contributed by atoms with van der Waals surface area (Å²) in [6, 6.07) is 13.9. The third kappa shape index (κ3) is 2.53. The average molecular weight is 353 g/mol. The molecule has 6 heteroatoms. The quantitative estimate of drug-likeness (QED) is 0.568. The van der Waals surface area contributed by atoms with Crippen LogP contribution in [-0.2, 0) is 7.05 Å². The zero-order valence-corrected chi connectivity index (χ0v) is 14.9. The number of benzene rings is 1. The lowest BCUT2D eigenvalue weighted by Crippen LogP contribution is -2.10. The Morgan fingerprint density at radius 3 is 2.79 bits per heavy atom. The molecule has 0 saturated heterocycles. The number of nitrogens with zero attached hydrogens (tertiary/aromatic N) is 2. The van der Waals surface area contributed by atoms with Gasteiger partial charge >= 0.3 is 0 Å². The molecule has 4 nitrogen and oxygen atoms in total. The maximum Gasteiger partial charge on any atom is 0.265 e. The molecular weight excluding hydrogens is 338 g/mol. The smallest absolute Gasteiger partial charge is 0.265 e. The van der Waals surface area contributed by atoms with Gasteiger partial charge in [0.05, 0.1) is 10.6 Å². The van der Waals surface area contributed by atoms with Crippen LogP contribution in [0.4, 0.5) is 5.69 Å². The minimum Gasteiger partial charge on any atom is -0.321 e. The van der Waals surface area contributed by atoms with Gasteiger partial charge in [-0.25, -0.2) is 0 Å². The molecule has 0 fully saturated rings. The number of hydrogen-bond donors (Lipinski definition) is 1. The van der Waals surface area contributed by atoms with Crippen LogP contribution in [0.25, 0.3) is 20.7 Å². The van der Waals surface area contributed by atoms with E-state index in [-0.39, 0.29) is 5.91 Å². The topological polar surface area (TPSA) is 46.9 Å². The van der Waals surface area contributed by atoms with E-state index in [1.807, 2.05) is 60.4 Å². The van der Waals surface area contributed by atoms with Crippen molar-refractivity contribution in [3.8, 4) is 10.4 Å². The summed E-state index contributed by atoms with van der Waals surface area (Å²) in [6.45, 7) is 1.96. The van der Waals surface area contributed by atoms with Crippen molar-refractivity contribution in [2.24, 2.45) is 7.05 Å². The maximum absolute atomic E-state index is 12.7. The van der Waals surface area contributed by atoms with E-state index in [9.17, 15) is 4.79 Å². The standard InChI is InChI=1S/C18H15N3OS2/c1-11-13-10-16(24-18(13)21(2)20-11)17(22)19-14-7-4-3-6-12(14)15-8-5-9-23-15/h3-10H,1-2H3,(H,19,22). The highest BCUT2D eigenvalue weighted by Crippen LogP contribution is 2.33. The number of fused-ring (bicyclic) bond motifs is 1. The van der Waals surface area contributed by atoms with Crippen LogP contribution in [0.1, 0.15) is 15.4 Å². The summed E-state index contributed by atoms with van der Waals surface area (Å²) in [5, 5.41) is 10.5. The summed E-state index contributed by atoms with van der Waals surface area (Å²) in [4.78, 5) is 15.6. The van der Waals surface area contributed by atoms with Crippen LogP contribution >= 0.6 is 22.7 Å². The number of carbonyl (C=O) groups excluding carboxylic acids is 1. The van der Waals surface area contributed by atoms with Gasteiger partial charge < -0.3 is 5.32 Å². The predicted octanol–water partition coefficient (Wildman–Crippen LogP) is 4.92. The Morgan fingerprint density at radius 1 is 1.21 bits per heavy atom. The lowest BCUT2D eigenvalue weighted by Gasteiger charge is -2.09. The fourth-order valence-corrected chi connectivity index (χ4v) is 4.52. The van der Waals surface area contributed by atoms with Crippen molar-refractivity contribution in [3.05, 3.63) is 58.4 Å². The molecular formula is C18H15N3OS2. The number of hydrogen-bond acceptors (Lipinski definition) is 4. The highest BCUT2D eigenvalue weighted by molar-refractivity contribution is 7.20. The molecule has 0 bridgehead atoms. The lowest BCUT2D eigenvalue weighted by molar-refractivity contribution is 0.103. The average Bonchev–Trinajstić information content (AvgIpc) is 3.28. The summed E-state index contributed by atoms with van der Waals surface area (Å²) in [7, 11) is 1.90. The van der Waals surface area contributed by atoms with Crippen molar-refractivity contribution < 1.29 is 4.79 Å². The molecule has 4 rings (SSSR count). The molecule has 3 aromatic heterocycles. The summed E-state index contributed by atoms with van der Waals surface area (Å²) in [6.07, 6.45) is 0. The van der Waals surface area contributed by atoms with Gasteiger partial charge in [-0.15, -0.1) is 22.7 Å². The molecule has 4 aromatic rings. The molecule has 0 radical (unpaired) electrons. The van der Waals surface area contributed by atoms with Gasteiger partial charge in [-0.2, -0.15) is 5.10 Å². The highest BCUT2D eigenvalue weighted by atomic mass is 32.1. The van der Waals surface area contributed by atoms with Crippen molar-refractivity contribution in [1.29, 1.82) is 0 Å². The van der Waals surface area contributed by atoms with Crippen LogP contribution in [0, 0.1) is 6.92 Å². The van der Waals surface area contributed by atoms with Crippen LogP contribution in [0.5, 0.6) is 0 Å². The van der Waals surface area contributed by atoms with Crippen molar-refractivity contribution in [2.45, 2.75) is 6.92 Å². The number of amides is 1. The Labute approximate surface area is 147 Å². The second kappa shape index (κ2) is 5.89. The SMILES string of the molecule is Cc1nn(C)c2sc(C(=O)Nc3ccccc3-c3cccs3)cc12. The first kappa shape index (κ1) is 15.1. The molecule has 3 heterocycles. The molecule has 1 N–H and O–H groups in total. The van der Waals surface area contributed by atoms with Crippen molar-refractivity contribution in [3.63, 3.8) is 0 Å². The molecule has 1 aromatic carbocycles. The molecule has 0 aliphatic carbocycles. The molecule has 0 saturated carbocycles. The molecule has 24 heavy (non-hydrogen) atoms. The zero-order chi connectivity index (χ0) is 16.7. The van der Waals surface area contributed by atoms with Gasteiger partial charge in [0, 0.05) is 28.6 Å². The van der Waals surface area contributed by atoms with Gasteiger partial charge in [0.15, 0.2) is 0 Å². The van der Waals surface area contributed by atoms with E-state index in [0.29, 0.717) is 4.88 Å².